The van der Waals surface area contributed by atoms with Crippen LogP contribution in [0.5, 0.6) is 5.75 Å². The van der Waals surface area contributed by atoms with Gasteiger partial charge in [-0.15, -0.1) is 0 Å². The number of para-hydroxylation sites is 1. The molecule has 142 valence electrons. The van der Waals surface area contributed by atoms with Gasteiger partial charge in [0, 0.05) is 5.92 Å². The predicted octanol–water partition coefficient (Wildman–Crippen LogP) is 1.92. The highest BCUT2D eigenvalue weighted by atomic mass is 31.2. The predicted molar refractivity (Wildman–Crippen MR) is 94.0 cm³/mol. The molecule has 2 bridgehead atoms. The Morgan fingerprint density at radius 2 is 2.00 bits per heavy atom. The number of Topliss-reactive ketones (excluding diaryl/α,β-unsaturated/α-hetero) is 1. The molecule has 4 rings (SSSR count). The fourth-order valence-corrected chi connectivity index (χ4v) is 4.81. The van der Waals surface area contributed by atoms with E-state index in [1.807, 2.05) is 4.90 Å². The molecular formula is C17H23N2O6P. The van der Waals surface area contributed by atoms with E-state index < -0.39 is 25.8 Å². The fraction of sp³-hybridized carbons (Fsp3) is 0.529. The minimum absolute atomic E-state index is 0.0360. The maximum Gasteiger partial charge on any atom is 0.459 e. The molecule has 0 radical (unpaired) electrons. The van der Waals surface area contributed by atoms with Crippen molar-refractivity contribution < 1.29 is 28.3 Å². The second kappa shape index (κ2) is 7.88. The standard InChI is InChI=1S/C17H23N2O6P/c1-12(17(21)22)18-26(23,25-14-5-3-2-4-6-14)24-11-15-16(20)13-7-9-19(15)10-8-13/h2-6,12-13,15H,7-11H2,1H3,(H,18,23)(H,21,22). The summed E-state index contributed by atoms with van der Waals surface area (Å²) in [6, 6.07) is 6.78. The Morgan fingerprint density at radius 1 is 1.35 bits per heavy atom. The van der Waals surface area contributed by atoms with Crippen LogP contribution in [-0.2, 0) is 18.7 Å². The quantitative estimate of drug-likeness (QED) is 0.657. The summed E-state index contributed by atoms with van der Waals surface area (Å²) in [6.45, 7) is 2.88. The summed E-state index contributed by atoms with van der Waals surface area (Å²) in [5.74, 6) is -0.756. The zero-order chi connectivity index (χ0) is 18.7. The van der Waals surface area contributed by atoms with E-state index in [1.54, 1.807) is 30.3 Å². The third-order valence-electron chi connectivity index (χ3n) is 4.79. The molecule has 3 aliphatic rings. The van der Waals surface area contributed by atoms with E-state index in [4.69, 9.17) is 14.2 Å². The smallest absolute Gasteiger partial charge is 0.459 e. The number of carboxylic acids is 1. The van der Waals surface area contributed by atoms with E-state index in [0.29, 0.717) is 0 Å². The summed E-state index contributed by atoms with van der Waals surface area (Å²) in [5, 5.41) is 11.5. The van der Waals surface area contributed by atoms with Crippen molar-refractivity contribution in [3.8, 4) is 5.75 Å². The largest absolute Gasteiger partial charge is 0.480 e. The molecule has 0 aromatic heterocycles. The molecule has 0 spiro atoms. The minimum Gasteiger partial charge on any atom is -0.480 e. The summed E-state index contributed by atoms with van der Waals surface area (Å²) < 4.78 is 24.1. The number of piperidine rings is 3. The molecule has 3 unspecified atom stereocenters. The van der Waals surface area contributed by atoms with Gasteiger partial charge in [-0.1, -0.05) is 18.2 Å². The van der Waals surface area contributed by atoms with Gasteiger partial charge in [-0.2, -0.15) is 5.09 Å². The van der Waals surface area contributed by atoms with Crippen LogP contribution in [0.4, 0.5) is 0 Å². The number of nitrogens with one attached hydrogen (secondary N) is 1. The Morgan fingerprint density at radius 3 is 2.58 bits per heavy atom. The molecule has 3 heterocycles. The van der Waals surface area contributed by atoms with Crippen LogP contribution in [0.3, 0.4) is 0 Å². The van der Waals surface area contributed by atoms with Crippen LogP contribution in [0.2, 0.25) is 0 Å². The second-order valence-electron chi connectivity index (χ2n) is 6.62. The number of rotatable bonds is 8. The van der Waals surface area contributed by atoms with Gasteiger partial charge >= 0.3 is 13.7 Å². The molecule has 1 aromatic rings. The van der Waals surface area contributed by atoms with Crippen LogP contribution in [0.25, 0.3) is 0 Å². The highest BCUT2D eigenvalue weighted by molar-refractivity contribution is 7.52. The first kappa shape index (κ1) is 19.0. The van der Waals surface area contributed by atoms with E-state index in [9.17, 15) is 14.2 Å². The van der Waals surface area contributed by atoms with Crippen molar-refractivity contribution in [1.29, 1.82) is 0 Å². The second-order valence-corrected chi connectivity index (χ2v) is 8.31. The Hall–Kier alpha value is -1.73. The van der Waals surface area contributed by atoms with E-state index in [1.165, 1.54) is 6.92 Å². The zero-order valence-corrected chi connectivity index (χ0v) is 15.4. The van der Waals surface area contributed by atoms with Crippen LogP contribution in [0.15, 0.2) is 30.3 Å². The van der Waals surface area contributed by atoms with Crippen molar-refractivity contribution in [2.75, 3.05) is 19.7 Å². The number of hydrogen-bond acceptors (Lipinski definition) is 6. The average molecular weight is 382 g/mol. The van der Waals surface area contributed by atoms with Gasteiger partial charge in [0.05, 0.1) is 12.6 Å². The number of benzene rings is 1. The molecule has 26 heavy (non-hydrogen) atoms. The van der Waals surface area contributed by atoms with Crippen molar-refractivity contribution in [2.45, 2.75) is 31.8 Å². The van der Waals surface area contributed by atoms with Crippen molar-refractivity contribution in [2.24, 2.45) is 5.92 Å². The van der Waals surface area contributed by atoms with Gasteiger partial charge in [0.25, 0.3) is 0 Å². The van der Waals surface area contributed by atoms with Gasteiger partial charge in [-0.3, -0.25) is 19.0 Å². The lowest BCUT2D eigenvalue weighted by Crippen LogP contribution is -2.57. The van der Waals surface area contributed by atoms with Crippen LogP contribution in [0.1, 0.15) is 19.8 Å². The first-order valence-corrected chi connectivity index (χ1v) is 10.2. The zero-order valence-electron chi connectivity index (χ0n) is 14.5. The topological polar surface area (TPSA) is 105 Å². The number of carbonyl (C=O) groups excluding carboxylic acids is 1. The highest BCUT2D eigenvalue weighted by Gasteiger charge is 2.43. The Balaban J connectivity index is 1.71. The van der Waals surface area contributed by atoms with Crippen LogP contribution >= 0.6 is 7.75 Å². The van der Waals surface area contributed by atoms with Crippen LogP contribution in [-0.4, -0.2) is 53.5 Å². The number of nitrogens with zero attached hydrogens (tertiary/aromatic N) is 1. The Bertz CT molecular complexity index is 704. The lowest BCUT2D eigenvalue weighted by atomic mass is 9.82. The maximum absolute atomic E-state index is 13.1. The van der Waals surface area contributed by atoms with Gasteiger partial charge in [0.15, 0.2) is 5.78 Å². The SMILES string of the molecule is CC(NP(=O)(OCC1C(=O)C2CCN1CC2)Oc1ccccc1)C(=O)O. The summed E-state index contributed by atoms with van der Waals surface area (Å²) >= 11 is 0. The van der Waals surface area contributed by atoms with E-state index in [2.05, 4.69) is 5.09 Å². The van der Waals surface area contributed by atoms with Gasteiger partial charge < -0.3 is 9.63 Å². The number of hydrogen-bond donors (Lipinski definition) is 2. The van der Waals surface area contributed by atoms with Gasteiger partial charge in [-0.05, 0) is 45.0 Å². The molecule has 9 heteroatoms. The number of carbonyl (C=O) groups is 2. The van der Waals surface area contributed by atoms with Gasteiger partial charge in [-0.25, -0.2) is 4.57 Å². The molecule has 0 aliphatic carbocycles. The Kier molecular flexibility index (Phi) is 5.77. The number of ketones is 1. The number of aliphatic carboxylic acids is 1. The van der Waals surface area contributed by atoms with Gasteiger partial charge in [0.1, 0.15) is 11.8 Å². The third-order valence-corrected chi connectivity index (χ3v) is 6.44. The molecule has 2 N–H and O–H groups in total. The summed E-state index contributed by atoms with van der Waals surface area (Å²) in [6.07, 6.45) is 1.70. The normalized spacial score (nSPS) is 28.3. The third kappa shape index (κ3) is 4.32. The highest BCUT2D eigenvalue weighted by Crippen LogP contribution is 2.45. The molecular weight excluding hydrogens is 359 g/mol. The van der Waals surface area contributed by atoms with E-state index >= 15 is 0 Å². The summed E-state index contributed by atoms with van der Waals surface area (Å²) in [7, 11) is -3.98. The molecule has 1 aromatic carbocycles. The summed E-state index contributed by atoms with van der Waals surface area (Å²) in [4.78, 5) is 25.6. The van der Waals surface area contributed by atoms with Crippen molar-refractivity contribution in [3.05, 3.63) is 30.3 Å². The molecule has 8 nitrogen and oxygen atoms in total. The first-order valence-electron chi connectivity index (χ1n) is 8.65. The van der Waals surface area contributed by atoms with Crippen LogP contribution < -0.4 is 9.61 Å². The minimum atomic E-state index is -3.98. The molecule has 3 atom stereocenters. The fourth-order valence-electron chi connectivity index (χ4n) is 3.31. The maximum atomic E-state index is 13.1. The summed E-state index contributed by atoms with van der Waals surface area (Å²) in [5.41, 5.74) is 0. The molecule has 0 saturated carbocycles. The average Bonchev–Trinajstić information content (AvgIpc) is 2.62. The van der Waals surface area contributed by atoms with Gasteiger partial charge in [0.2, 0.25) is 0 Å². The number of fused-ring (bicyclic) bond motifs is 3. The lowest BCUT2D eigenvalue weighted by molar-refractivity contribution is -0.139. The number of carboxylic acid groups (broad SMARTS) is 1. The van der Waals surface area contributed by atoms with Crippen molar-refractivity contribution in [1.82, 2.24) is 9.99 Å². The Labute approximate surface area is 152 Å². The van der Waals surface area contributed by atoms with E-state index in [0.717, 1.165) is 25.9 Å². The first-order chi connectivity index (χ1) is 12.4. The molecule has 3 fully saturated rings. The van der Waals surface area contributed by atoms with Crippen molar-refractivity contribution in [3.63, 3.8) is 0 Å². The van der Waals surface area contributed by atoms with Crippen molar-refractivity contribution >= 4 is 19.5 Å². The molecule has 0 amide bonds. The monoisotopic (exact) mass is 382 g/mol. The lowest BCUT2D eigenvalue weighted by Gasteiger charge is -2.43. The van der Waals surface area contributed by atoms with Crippen LogP contribution in [0, 0.1) is 5.92 Å². The molecule has 3 saturated heterocycles. The van der Waals surface area contributed by atoms with E-state index in [-0.39, 0.29) is 24.1 Å². The molecule has 3 aliphatic heterocycles.